The Bertz CT molecular complexity index is 2020. The number of halogens is 1. The van der Waals surface area contributed by atoms with E-state index >= 15 is 0 Å². The van der Waals surface area contributed by atoms with Gasteiger partial charge in [-0.3, -0.25) is 4.79 Å². The van der Waals surface area contributed by atoms with E-state index in [0.717, 1.165) is 15.4 Å². The third-order valence-corrected chi connectivity index (χ3v) is 10.5. The monoisotopic (exact) mass is 671 g/mol. The number of aromatic carboxylic acids is 1. The minimum absolute atomic E-state index is 0.0154. The molecule has 1 aromatic heterocycles. The van der Waals surface area contributed by atoms with E-state index in [0.29, 0.717) is 35.1 Å². The maximum Gasteiger partial charge on any atom is 0.335 e. The maximum absolute atomic E-state index is 14.4. The number of ether oxygens (including phenoxy) is 1. The predicted molar refractivity (Wildman–Crippen MR) is 175 cm³/mol. The number of benzene rings is 4. The van der Waals surface area contributed by atoms with E-state index in [1.807, 2.05) is 22.9 Å². The molecule has 0 radical (unpaired) electrons. The number of rotatable bonds is 13. The molecule has 1 heterocycles. The van der Waals surface area contributed by atoms with Crippen LogP contribution in [-0.4, -0.2) is 56.6 Å². The molecule has 5 aromatic rings. The lowest BCUT2D eigenvalue weighted by molar-refractivity contribution is -0.143. The lowest BCUT2D eigenvalue weighted by atomic mass is 10.0. The molecule has 12 heteroatoms. The second-order valence-corrected chi connectivity index (χ2v) is 13.6. The number of carboxylic acids is 2. The maximum atomic E-state index is 14.4. The molecule has 47 heavy (non-hydrogen) atoms. The normalized spacial score (nSPS) is 17.4. The van der Waals surface area contributed by atoms with Crippen molar-refractivity contribution in [1.82, 2.24) is 13.9 Å². The SMILES string of the molecule is O=C(O)c1cccc(CN(C2(C(=O)O)CC2c2cccc(OCCn3ccnc3)c2)S(=O)(=O)c2ccc(-c3ccc(Cl)cc3)cc2)c1. The van der Waals surface area contributed by atoms with Gasteiger partial charge in [-0.25, -0.2) is 18.2 Å². The molecule has 0 amide bonds. The molecule has 0 spiro atoms. The first-order valence-electron chi connectivity index (χ1n) is 14.7. The van der Waals surface area contributed by atoms with Gasteiger partial charge in [0.1, 0.15) is 17.9 Å². The number of carbonyl (C=O) groups is 2. The summed E-state index contributed by atoms with van der Waals surface area (Å²) in [6, 6.07) is 26.1. The molecule has 0 bridgehead atoms. The van der Waals surface area contributed by atoms with Gasteiger partial charge in [0, 0.05) is 29.9 Å². The van der Waals surface area contributed by atoms with Crippen LogP contribution in [0.5, 0.6) is 5.75 Å². The van der Waals surface area contributed by atoms with Gasteiger partial charge in [0.2, 0.25) is 10.0 Å². The van der Waals surface area contributed by atoms with Crippen molar-refractivity contribution in [2.75, 3.05) is 6.61 Å². The van der Waals surface area contributed by atoms with Gasteiger partial charge >= 0.3 is 11.9 Å². The highest BCUT2D eigenvalue weighted by Gasteiger charge is 2.68. The lowest BCUT2D eigenvalue weighted by Gasteiger charge is -2.30. The first-order valence-corrected chi connectivity index (χ1v) is 16.5. The number of sulfonamides is 1. The fourth-order valence-electron chi connectivity index (χ4n) is 5.77. The average Bonchev–Trinajstić information content (AvgIpc) is 3.62. The van der Waals surface area contributed by atoms with Crippen LogP contribution in [0.2, 0.25) is 5.02 Å². The van der Waals surface area contributed by atoms with Crippen molar-refractivity contribution >= 4 is 33.6 Å². The van der Waals surface area contributed by atoms with Crippen molar-refractivity contribution in [3.8, 4) is 16.9 Å². The summed E-state index contributed by atoms with van der Waals surface area (Å²) in [5.41, 5.74) is 0.673. The first kappa shape index (κ1) is 32.0. The number of hydrogen-bond acceptors (Lipinski definition) is 6. The van der Waals surface area contributed by atoms with Crippen molar-refractivity contribution < 1.29 is 33.0 Å². The van der Waals surface area contributed by atoms with E-state index < -0.39 is 33.4 Å². The molecule has 2 unspecified atom stereocenters. The highest BCUT2D eigenvalue weighted by Crippen LogP contribution is 2.58. The Hall–Kier alpha value is -4.97. The van der Waals surface area contributed by atoms with E-state index in [1.165, 1.54) is 30.3 Å². The molecule has 4 aromatic carbocycles. The molecule has 1 saturated carbocycles. The van der Waals surface area contributed by atoms with E-state index in [9.17, 15) is 28.2 Å². The standard InChI is InChI=1S/C35H30ClN3O7S/c36-29-11-7-25(8-12-29)26-9-13-31(14-10-26)47(44,45)39(22-24-3-1-5-28(19-24)33(40)41)35(34(42)43)21-32(35)27-4-2-6-30(20-27)46-18-17-38-16-15-37-23-38/h1-16,19-20,23,32H,17-18,21-22H2,(H,40,41)(H,42,43). The Labute approximate surface area is 276 Å². The van der Waals surface area contributed by atoms with Crippen LogP contribution < -0.4 is 4.74 Å². The molecule has 0 saturated heterocycles. The molecule has 240 valence electrons. The number of hydrogen-bond donors (Lipinski definition) is 2. The van der Waals surface area contributed by atoms with Gasteiger partial charge in [0.15, 0.2) is 0 Å². The zero-order valence-corrected chi connectivity index (χ0v) is 26.5. The fraction of sp³-hybridized carbons (Fsp3) is 0.171. The Kier molecular flexibility index (Phi) is 8.87. The summed E-state index contributed by atoms with van der Waals surface area (Å²) in [6.07, 6.45) is 5.18. The summed E-state index contributed by atoms with van der Waals surface area (Å²) in [7, 11) is -4.42. The van der Waals surface area contributed by atoms with E-state index in [1.54, 1.807) is 67.1 Å². The van der Waals surface area contributed by atoms with Gasteiger partial charge in [-0.15, -0.1) is 0 Å². The third-order valence-electron chi connectivity index (χ3n) is 8.30. The summed E-state index contributed by atoms with van der Waals surface area (Å²) < 4.78 is 37.6. The summed E-state index contributed by atoms with van der Waals surface area (Å²) in [4.78, 5) is 28.8. The minimum Gasteiger partial charge on any atom is -0.492 e. The van der Waals surface area contributed by atoms with Gasteiger partial charge in [0.05, 0.1) is 23.3 Å². The van der Waals surface area contributed by atoms with Crippen LogP contribution in [0.4, 0.5) is 0 Å². The minimum atomic E-state index is -4.42. The van der Waals surface area contributed by atoms with Crippen molar-refractivity contribution in [2.45, 2.75) is 35.9 Å². The van der Waals surface area contributed by atoms with E-state index in [4.69, 9.17) is 16.3 Å². The molecular formula is C35H30ClN3O7S. The van der Waals surface area contributed by atoms with Gasteiger partial charge in [0.25, 0.3) is 0 Å². The number of carboxylic acid groups (broad SMARTS) is 2. The Morgan fingerprint density at radius 3 is 2.32 bits per heavy atom. The predicted octanol–water partition coefficient (Wildman–Crippen LogP) is 6.18. The van der Waals surface area contributed by atoms with Crippen LogP contribution in [0.3, 0.4) is 0 Å². The highest BCUT2D eigenvalue weighted by molar-refractivity contribution is 7.89. The van der Waals surface area contributed by atoms with Gasteiger partial charge < -0.3 is 19.5 Å². The second kappa shape index (κ2) is 13.0. The van der Waals surface area contributed by atoms with E-state index in [-0.39, 0.29) is 23.4 Å². The molecule has 1 fully saturated rings. The van der Waals surface area contributed by atoms with Crippen LogP contribution in [0.15, 0.2) is 121 Å². The van der Waals surface area contributed by atoms with Crippen LogP contribution >= 0.6 is 11.6 Å². The molecule has 0 aliphatic heterocycles. The number of aliphatic carboxylic acids is 1. The van der Waals surface area contributed by atoms with Crippen LogP contribution in [0, 0.1) is 0 Å². The molecule has 2 N–H and O–H groups in total. The Morgan fingerprint density at radius 2 is 1.66 bits per heavy atom. The zero-order valence-electron chi connectivity index (χ0n) is 24.9. The average molecular weight is 672 g/mol. The lowest BCUT2D eigenvalue weighted by Crippen LogP contribution is -2.48. The highest BCUT2D eigenvalue weighted by atomic mass is 35.5. The summed E-state index contributed by atoms with van der Waals surface area (Å²) >= 11 is 6.02. The molecule has 2 atom stereocenters. The fourth-order valence-corrected chi connectivity index (χ4v) is 7.66. The Balaban J connectivity index is 1.34. The second-order valence-electron chi connectivity index (χ2n) is 11.3. The van der Waals surface area contributed by atoms with Crippen LogP contribution in [0.1, 0.15) is 33.8 Å². The van der Waals surface area contributed by atoms with Gasteiger partial charge in [-0.05, 0) is 77.2 Å². The Morgan fingerprint density at radius 1 is 0.957 bits per heavy atom. The van der Waals surface area contributed by atoms with Crippen molar-refractivity contribution in [1.29, 1.82) is 0 Å². The van der Waals surface area contributed by atoms with Gasteiger partial charge in [-0.2, -0.15) is 4.31 Å². The van der Waals surface area contributed by atoms with Crippen LogP contribution in [-0.2, 0) is 27.9 Å². The number of nitrogens with zero attached hydrogens (tertiary/aromatic N) is 3. The topological polar surface area (TPSA) is 139 Å². The smallest absolute Gasteiger partial charge is 0.335 e. The van der Waals surface area contributed by atoms with Gasteiger partial charge in [-0.1, -0.05) is 60.1 Å². The van der Waals surface area contributed by atoms with Crippen molar-refractivity contribution in [2.24, 2.45) is 0 Å². The molecule has 1 aliphatic rings. The molecule has 10 nitrogen and oxygen atoms in total. The zero-order chi connectivity index (χ0) is 33.2. The number of aromatic nitrogens is 2. The van der Waals surface area contributed by atoms with Crippen molar-refractivity contribution in [3.63, 3.8) is 0 Å². The summed E-state index contributed by atoms with van der Waals surface area (Å²) in [5, 5.41) is 20.8. The van der Waals surface area contributed by atoms with Crippen LogP contribution in [0.25, 0.3) is 11.1 Å². The largest absolute Gasteiger partial charge is 0.492 e. The molecular weight excluding hydrogens is 642 g/mol. The third kappa shape index (κ3) is 6.64. The summed E-state index contributed by atoms with van der Waals surface area (Å²) in [5.74, 6) is -2.65. The molecule has 6 rings (SSSR count). The van der Waals surface area contributed by atoms with Crippen molar-refractivity contribution in [3.05, 3.63) is 137 Å². The quantitative estimate of drug-likeness (QED) is 0.151. The first-order chi connectivity index (χ1) is 22.6. The number of imidazole rings is 1. The van der Waals surface area contributed by atoms with E-state index in [2.05, 4.69) is 4.98 Å². The summed E-state index contributed by atoms with van der Waals surface area (Å²) in [6.45, 7) is 0.554. The molecule has 1 aliphatic carbocycles.